The van der Waals surface area contributed by atoms with Crippen LogP contribution in [0.3, 0.4) is 0 Å². The molecule has 3 nitrogen and oxygen atoms in total. The minimum Gasteiger partial charge on any atom is -0.332 e. The van der Waals surface area contributed by atoms with E-state index in [9.17, 15) is 13.2 Å². The number of imidazole rings is 1. The van der Waals surface area contributed by atoms with Gasteiger partial charge in [0.05, 0.1) is 11.8 Å². The van der Waals surface area contributed by atoms with Gasteiger partial charge in [0, 0.05) is 7.05 Å². The Kier molecular flexibility index (Phi) is 1.73. The van der Waals surface area contributed by atoms with Gasteiger partial charge in [-0.1, -0.05) is 0 Å². The van der Waals surface area contributed by atoms with Gasteiger partial charge in [-0.3, -0.25) is 0 Å². The van der Waals surface area contributed by atoms with Crippen LogP contribution in [0.1, 0.15) is 5.69 Å². The summed E-state index contributed by atoms with van der Waals surface area (Å²) in [7, 11) is 1.70. The number of hydrogen-bond donors (Lipinski definition) is 0. The topological polar surface area (TPSA) is 30.7 Å². The molecule has 2 aromatic rings. The molecule has 0 unspecified atom stereocenters. The second-order valence-electron chi connectivity index (χ2n) is 2.89. The minimum absolute atomic E-state index is 0.113. The van der Waals surface area contributed by atoms with Crippen molar-refractivity contribution in [2.45, 2.75) is 6.18 Å². The number of alkyl halides is 3. The van der Waals surface area contributed by atoms with Crippen LogP contribution in [-0.4, -0.2) is 14.5 Å². The Morgan fingerprint density at radius 2 is 2.00 bits per heavy atom. The lowest BCUT2D eigenvalue weighted by Crippen LogP contribution is -2.07. The van der Waals surface area contributed by atoms with Crippen molar-refractivity contribution in [2.24, 2.45) is 7.05 Å². The van der Waals surface area contributed by atoms with E-state index in [2.05, 4.69) is 9.97 Å². The van der Waals surface area contributed by atoms with Crippen LogP contribution in [0.2, 0.25) is 0 Å². The Balaban J connectivity index is 2.63. The van der Waals surface area contributed by atoms with Gasteiger partial charge in [-0.15, -0.1) is 0 Å². The maximum Gasteiger partial charge on any atom is 0.433 e. The third-order valence-corrected chi connectivity index (χ3v) is 1.88. The lowest BCUT2D eigenvalue weighted by atomic mass is 10.3. The molecule has 0 radical (unpaired) electrons. The molecule has 0 aliphatic heterocycles. The first-order valence-corrected chi connectivity index (χ1v) is 3.84. The summed E-state index contributed by atoms with van der Waals surface area (Å²) in [6.07, 6.45) is -2.98. The molecule has 74 valence electrons. The fourth-order valence-electron chi connectivity index (χ4n) is 1.17. The molecular weight excluding hydrogens is 195 g/mol. The predicted octanol–water partition coefficient (Wildman–Crippen LogP) is 1.99. The highest BCUT2D eigenvalue weighted by Crippen LogP contribution is 2.28. The number of aryl methyl sites for hydroxylation is 1. The fraction of sp³-hybridized carbons (Fsp3) is 0.250. The van der Waals surface area contributed by atoms with Crippen molar-refractivity contribution in [3.05, 3.63) is 24.2 Å². The van der Waals surface area contributed by atoms with E-state index in [-0.39, 0.29) is 5.65 Å². The predicted molar refractivity (Wildman–Crippen MR) is 43.5 cm³/mol. The fourth-order valence-corrected chi connectivity index (χ4v) is 1.17. The summed E-state index contributed by atoms with van der Waals surface area (Å²) in [5, 5.41) is 0. The molecular formula is C8H6F3N3. The molecule has 0 spiro atoms. The number of aromatic nitrogens is 3. The third-order valence-electron chi connectivity index (χ3n) is 1.88. The molecule has 0 aliphatic rings. The maximum atomic E-state index is 12.2. The monoisotopic (exact) mass is 201 g/mol. The van der Waals surface area contributed by atoms with Crippen LogP contribution in [-0.2, 0) is 13.2 Å². The largest absolute Gasteiger partial charge is 0.433 e. The van der Waals surface area contributed by atoms with Crippen LogP contribution in [0.5, 0.6) is 0 Å². The molecule has 0 aliphatic carbocycles. The van der Waals surface area contributed by atoms with Gasteiger partial charge in [0.15, 0.2) is 5.65 Å². The highest BCUT2D eigenvalue weighted by Gasteiger charge is 2.32. The molecule has 2 aromatic heterocycles. The van der Waals surface area contributed by atoms with Crippen molar-refractivity contribution in [1.82, 2.24) is 14.5 Å². The van der Waals surface area contributed by atoms with Crippen LogP contribution in [0.4, 0.5) is 13.2 Å². The van der Waals surface area contributed by atoms with Gasteiger partial charge in [0.2, 0.25) is 0 Å². The number of halogens is 3. The normalized spacial score (nSPS) is 12.3. The van der Waals surface area contributed by atoms with E-state index in [0.29, 0.717) is 5.52 Å². The van der Waals surface area contributed by atoms with E-state index in [1.165, 1.54) is 12.4 Å². The molecule has 6 heteroatoms. The van der Waals surface area contributed by atoms with Crippen molar-refractivity contribution in [2.75, 3.05) is 0 Å². The average Bonchev–Trinajstić information content (AvgIpc) is 2.46. The minimum atomic E-state index is -4.41. The lowest BCUT2D eigenvalue weighted by molar-refractivity contribution is -0.141. The first-order valence-electron chi connectivity index (χ1n) is 3.84. The zero-order chi connectivity index (χ0) is 10.3. The van der Waals surface area contributed by atoms with Gasteiger partial charge in [-0.25, -0.2) is 9.97 Å². The maximum absolute atomic E-state index is 12.2. The molecule has 14 heavy (non-hydrogen) atoms. The third kappa shape index (κ3) is 1.32. The van der Waals surface area contributed by atoms with Gasteiger partial charge < -0.3 is 4.57 Å². The zero-order valence-electron chi connectivity index (χ0n) is 7.21. The molecule has 0 saturated heterocycles. The Morgan fingerprint density at radius 1 is 1.29 bits per heavy atom. The van der Waals surface area contributed by atoms with Crippen molar-refractivity contribution < 1.29 is 13.2 Å². The van der Waals surface area contributed by atoms with E-state index in [0.717, 1.165) is 6.07 Å². The Labute approximate surface area is 77.2 Å². The van der Waals surface area contributed by atoms with Crippen molar-refractivity contribution in [1.29, 1.82) is 0 Å². The number of rotatable bonds is 0. The SMILES string of the molecule is Cn1cnc2nc(C(F)(F)F)ccc21. The van der Waals surface area contributed by atoms with Crippen molar-refractivity contribution in [3.8, 4) is 0 Å². The summed E-state index contributed by atoms with van der Waals surface area (Å²) in [6.45, 7) is 0. The second kappa shape index (κ2) is 2.70. The summed E-state index contributed by atoms with van der Waals surface area (Å²) in [6, 6.07) is 2.31. The highest BCUT2D eigenvalue weighted by atomic mass is 19.4. The van der Waals surface area contributed by atoms with E-state index in [4.69, 9.17) is 0 Å². The molecule has 0 bridgehead atoms. The van der Waals surface area contributed by atoms with Crippen LogP contribution in [0.25, 0.3) is 11.2 Å². The zero-order valence-corrected chi connectivity index (χ0v) is 7.21. The Bertz CT molecular complexity index is 472. The van der Waals surface area contributed by atoms with Gasteiger partial charge >= 0.3 is 6.18 Å². The van der Waals surface area contributed by atoms with Gasteiger partial charge in [-0.05, 0) is 12.1 Å². The summed E-state index contributed by atoms with van der Waals surface area (Å²) in [5.74, 6) is 0. The van der Waals surface area contributed by atoms with Crippen LogP contribution in [0, 0.1) is 0 Å². The van der Waals surface area contributed by atoms with Crippen molar-refractivity contribution in [3.63, 3.8) is 0 Å². The lowest BCUT2D eigenvalue weighted by Gasteiger charge is -2.04. The van der Waals surface area contributed by atoms with Crippen LogP contribution < -0.4 is 0 Å². The molecule has 0 aromatic carbocycles. The van der Waals surface area contributed by atoms with E-state index in [1.807, 2.05) is 0 Å². The number of pyridine rings is 1. The number of nitrogens with zero attached hydrogens (tertiary/aromatic N) is 3. The summed E-state index contributed by atoms with van der Waals surface area (Å²) < 4.78 is 38.3. The second-order valence-corrected chi connectivity index (χ2v) is 2.89. The molecule has 2 heterocycles. The Hall–Kier alpha value is -1.59. The molecule has 0 fully saturated rings. The average molecular weight is 201 g/mol. The smallest absolute Gasteiger partial charge is 0.332 e. The molecule has 0 saturated carbocycles. The first-order chi connectivity index (χ1) is 6.48. The molecule has 0 N–H and O–H groups in total. The van der Waals surface area contributed by atoms with Gasteiger partial charge in [-0.2, -0.15) is 13.2 Å². The van der Waals surface area contributed by atoms with E-state index < -0.39 is 11.9 Å². The first kappa shape index (κ1) is 8.98. The quantitative estimate of drug-likeness (QED) is 0.652. The van der Waals surface area contributed by atoms with Gasteiger partial charge in [0.1, 0.15) is 5.69 Å². The molecule has 0 atom stereocenters. The summed E-state index contributed by atoms with van der Waals surface area (Å²) in [5.41, 5.74) is -0.218. The number of fused-ring (bicyclic) bond motifs is 1. The number of hydrogen-bond acceptors (Lipinski definition) is 2. The Morgan fingerprint density at radius 3 is 2.64 bits per heavy atom. The molecule has 2 rings (SSSR count). The van der Waals surface area contributed by atoms with Crippen LogP contribution in [0.15, 0.2) is 18.5 Å². The van der Waals surface area contributed by atoms with Crippen LogP contribution >= 0.6 is 0 Å². The van der Waals surface area contributed by atoms with E-state index >= 15 is 0 Å². The standard InChI is InChI=1S/C8H6F3N3/c1-14-4-12-7-5(14)2-3-6(13-7)8(9,10)11/h2-4H,1H3. The highest BCUT2D eigenvalue weighted by molar-refractivity contribution is 5.70. The summed E-state index contributed by atoms with van der Waals surface area (Å²) in [4.78, 5) is 7.15. The molecule has 0 amide bonds. The van der Waals surface area contributed by atoms with Crippen molar-refractivity contribution >= 4 is 11.2 Å². The summed E-state index contributed by atoms with van der Waals surface area (Å²) >= 11 is 0. The van der Waals surface area contributed by atoms with E-state index in [1.54, 1.807) is 11.6 Å². The van der Waals surface area contributed by atoms with Gasteiger partial charge in [0.25, 0.3) is 0 Å².